The van der Waals surface area contributed by atoms with Gasteiger partial charge in [0.15, 0.2) is 9.84 Å². The van der Waals surface area contributed by atoms with Crippen molar-refractivity contribution in [2.45, 2.75) is 18.6 Å². The number of ether oxygens (including phenoxy) is 1. The van der Waals surface area contributed by atoms with Crippen molar-refractivity contribution in [3.05, 3.63) is 24.3 Å². The van der Waals surface area contributed by atoms with Gasteiger partial charge in [0.2, 0.25) is 0 Å². The SMILES string of the molecule is CN(CC(O)COc1ccc(N)cc1)C1CCS(=O)(=O)C1. The average Bonchev–Trinajstić information content (AvgIpc) is 2.78. The van der Waals surface area contributed by atoms with E-state index in [-0.39, 0.29) is 24.2 Å². The van der Waals surface area contributed by atoms with Gasteiger partial charge < -0.3 is 15.6 Å². The summed E-state index contributed by atoms with van der Waals surface area (Å²) in [5.74, 6) is 1.06. The van der Waals surface area contributed by atoms with E-state index in [1.54, 1.807) is 24.3 Å². The predicted molar refractivity (Wildman–Crippen MR) is 82.0 cm³/mol. The molecule has 7 heteroatoms. The van der Waals surface area contributed by atoms with Crippen molar-refractivity contribution in [2.24, 2.45) is 0 Å². The molecule has 0 aliphatic carbocycles. The fraction of sp³-hybridized carbons (Fsp3) is 0.571. The van der Waals surface area contributed by atoms with E-state index in [1.165, 1.54) is 0 Å². The molecule has 2 rings (SSSR count). The molecule has 1 aliphatic rings. The first-order chi connectivity index (χ1) is 9.85. The van der Waals surface area contributed by atoms with Gasteiger partial charge in [0.05, 0.1) is 11.5 Å². The molecule has 1 fully saturated rings. The number of nitrogen functional groups attached to an aromatic ring is 1. The second kappa shape index (κ2) is 6.64. The molecule has 0 bridgehead atoms. The van der Waals surface area contributed by atoms with Crippen molar-refractivity contribution in [1.29, 1.82) is 0 Å². The van der Waals surface area contributed by atoms with Crippen LogP contribution in [0.5, 0.6) is 5.75 Å². The maximum absolute atomic E-state index is 11.4. The number of aliphatic hydroxyl groups excluding tert-OH is 1. The van der Waals surface area contributed by atoms with Crippen molar-refractivity contribution in [2.75, 3.05) is 37.4 Å². The van der Waals surface area contributed by atoms with Gasteiger partial charge in [0.25, 0.3) is 0 Å². The molecule has 0 spiro atoms. The molecule has 0 amide bonds. The van der Waals surface area contributed by atoms with Gasteiger partial charge in [0, 0.05) is 18.3 Å². The molecule has 1 heterocycles. The van der Waals surface area contributed by atoms with E-state index in [0.29, 0.717) is 24.4 Å². The van der Waals surface area contributed by atoms with Crippen LogP contribution in [0.2, 0.25) is 0 Å². The van der Waals surface area contributed by atoms with E-state index in [9.17, 15) is 13.5 Å². The molecular formula is C14H22N2O4S. The number of sulfone groups is 1. The molecule has 118 valence electrons. The van der Waals surface area contributed by atoms with Crippen molar-refractivity contribution in [1.82, 2.24) is 4.90 Å². The lowest BCUT2D eigenvalue weighted by Crippen LogP contribution is -2.40. The monoisotopic (exact) mass is 314 g/mol. The molecule has 2 unspecified atom stereocenters. The van der Waals surface area contributed by atoms with E-state index < -0.39 is 15.9 Å². The van der Waals surface area contributed by atoms with Gasteiger partial charge in [-0.3, -0.25) is 4.90 Å². The van der Waals surface area contributed by atoms with Crippen molar-refractivity contribution in [3.63, 3.8) is 0 Å². The second-order valence-corrected chi connectivity index (χ2v) is 7.76. The lowest BCUT2D eigenvalue weighted by atomic mass is 10.2. The summed E-state index contributed by atoms with van der Waals surface area (Å²) >= 11 is 0. The maximum Gasteiger partial charge on any atom is 0.151 e. The van der Waals surface area contributed by atoms with Gasteiger partial charge in [0.1, 0.15) is 18.5 Å². The molecule has 1 aromatic carbocycles. The van der Waals surface area contributed by atoms with E-state index >= 15 is 0 Å². The fourth-order valence-electron chi connectivity index (χ4n) is 2.41. The van der Waals surface area contributed by atoms with E-state index in [4.69, 9.17) is 10.5 Å². The highest BCUT2D eigenvalue weighted by Gasteiger charge is 2.31. The predicted octanol–water partition coefficient (Wildman–Crippen LogP) is 0.127. The van der Waals surface area contributed by atoms with Gasteiger partial charge in [-0.15, -0.1) is 0 Å². The summed E-state index contributed by atoms with van der Waals surface area (Å²) in [4.78, 5) is 1.89. The first-order valence-corrected chi connectivity index (χ1v) is 8.75. The van der Waals surface area contributed by atoms with Gasteiger partial charge in [-0.25, -0.2) is 8.42 Å². The Morgan fingerprint density at radius 2 is 2.10 bits per heavy atom. The number of benzene rings is 1. The third-order valence-electron chi connectivity index (χ3n) is 3.65. The third kappa shape index (κ3) is 4.87. The van der Waals surface area contributed by atoms with Crippen molar-refractivity contribution < 1.29 is 18.3 Å². The summed E-state index contributed by atoms with van der Waals surface area (Å²) in [5, 5.41) is 9.99. The van der Waals surface area contributed by atoms with Crippen LogP contribution >= 0.6 is 0 Å². The minimum absolute atomic E-state index is 0.0128. The van der Waals surface area contributed by atoms with Crippen LogP contribution < -0.4 is 10.5 Å². The minimum atomic E-state index is -2.90. The Kier molecular flexibility index (Phi) is 5.08. The molecule has 3 N–H and O–H groups in total. The normalized spacial score (nSPS) is 22.3. The smallest absolute Gasteiger partial charge is 0.151 e. The quantitative estimate of drug-likeness (QED) is 0.725. The zero-order valence-corrected chi connectivity index (χ0v) is 12.9. The van der Waals surface area contributed by atoms with Crippen LogP contribution in [-0.4, -0.2) is 62.3 Å². The first kappa shape index (κ1) is 16.1. The Bertz CT molecular complexity index is 559. The molecule has 21 heavy (non-hydrogen) atoms. The van der Waals surface area contributed by atoms with Crippen LogP contribution in [0.1, 0.15) is 6.42 Å². The van der Waals surface area contributed by atoms with Crippen LogP contribution in [0, 0.1) is 0 Å². The van der Waals surface area contributed by atoms with E-state index in [2.05, 4.69) is 0 Å². The van der Waals surface area contributed by atoms with Crippen LogP contribution in [0.4, 0.5) is 5.69 Å². The standard InChI is InChI=1S/C14H22N2O4S/c1-16(12-6-7-21(18,19)10-12)8-13(17)9-20-14-4-2-11(15)3-5-14/h2-5,12-13,17H,6-10,15H2,1H3. The largest absolute Gasteiger partial charge is 0.491 e. The van der Waals surface area contributed by atoms with Crippen molar-refractivity contribution >= 4 is 15.5 Å². The number of nitrogens with zero attached hydrogens (tertiary/aromatic N) is 1. The Morgan fingerprint density at radius 1 is 1.43 bits per heavy atom. The second-order valence-electron chi connectivity index (χ2n) is 5.53. The van der Waals surface area contributed by atoms with Gasteiger partial charge in [-0.2, -0.15) is 0 Å². The van der Waals surface area contributed by atoms with Gasteiger partial charge >= 0.3 is 0 Å². The van der Waals surface area contributed by atoms with Crippen LogP contribution in [0.25, 0.3) is 0 Å². The summed E-state index contributed by atoms with van der Waals surface area (Å²) in [6.07, 6.45) is -0.0412. The number of nitrogens with two attached hydrogens (primary N) is 1. The Labute approximate surface area is 125 Å². The Morgan fingerprint density at radius 3 is 2.67 bits per heavy atom. The molecule has 2 atom stereocenters. The molecule has 1 aliphatic heterocycles. The molecule has 0 saturated carbocycles. The minimum Gasteiger partial charge on any atom is -0.491 e. The zero-order chi connectivity index (χ0) is 15.5. The Hall–Kier alpha value is -1.31. The average molecular weight is 314 g/mol. The summed E-state index contributed by atoms with van der Waals surface area (Å²) in [7, 11) is -1.07. The summed E-state index contributed by atoms with van der Waals surface area (Å²) < 4.78 is 28.4. The molecule has 6 nitrogen and oxygen atoms in total. The molecule has 0 radical (unpaired) electrons. The lowest BCUT2D eigenvalue weighted by molar-refractivity contribution is 0.0664. The van der Waals surface area contributed by atoms with Crippen LogP contribution in [0.3, 0.4) is 0 Å². The third-order valence-corrected chi connectivity index (χ3v) is 5.40. The lowest BCUT2D eigenvalue weighted by Gasteiger charge is -2.25. The maximum atomic E-state index is 11.4. The van der Waals surface area contributed by atoms with Gasteiger partial charge in [-0.05, 0) is 37.7 Å². The number of anilines is 1. The highest BCUT2D eigenvalue weighted by molar-refractivity contribution is 7.91. The fourth-order valence-corrected chi connectivity index (χ4v) is 4.22. The van der Waals surface area contributed by atoms with E-state index in [0.717, 1.165) is 0 Å². The molecule has 1 aromatic rings. The van der Waals surface area contributed by atoms with Crippen molar-refractivity contribution in [3.8, 4) is 5.75 Å². The molecular weight excluding hydrogens is 292 g/mol. The van der Waals surface area contributed by atoms with Gasteiger partial charge in [-0.1, -0.05) is 0 Å². The highest BCUT2D eigenvalue weighted by Crippen LogP contribution is 2.17. The topological polar surface area (TPSA) is 92.9 Å². The zero-order valence-electron chi connectivity index (χ0n) is 12.1. The highest BCUT2D eigenvalue weighted by atomic mass is 32.2. The summed E-state index contributed by atoms with van der Waals surface area (Å²) in [6, 6.07) is 6.94. The summed E-state index contributed by atoms with van der Waals surface area (Å²) in [6.45, 7) is 0.545. The van der Waals surface area contributed by atoms with E-state index in [1.807, 2.05) is 11.9 Å². The number of likely N-dealkylation sites (N-methyl/N-ethyl adjacent to an activating group) is 1. The van der Waals surface area contributed by atoms with Crippen LogP contribution in [0.15, 0.2) is 24.3 Å². The Balaban J connectivity index is 1.76. The molecule has 0 aromatic heterocycles. The molecule has 1 saturated heterocycles. The number of hydrogen-bond acceptors (Lipinski definition) is 6. The summed E-state index contributed by atoms with van der Waals surface area (Å²) in [5.41, 5.74) is 6.24. The first-order valence-electron chi connectivity index (χ1n) is 6.93. The number of aliphatic hydroxyl groups is 1. The van der Waals surface area contributed by atoms with Crippen LogP contribution in [-0.2, 0) is 9.84 Å². The number of rotatable bonds is 6. The number of hydrogen-bond donors (Lipinski definition) is 2.